The molecule has 1 aromatic rings. The van der Waals surface area contributed by atoms with E-state index in [4.69, 9.17) is 11.2 Å². The maximum absolute atomic E-state index is 5.24. The number of pyridine rings is 1. The first kappa shape index (κ1) is 10.6. The number of hydrogen-bond acceptors (Lipinski definition) is 3. The third-order valence-electron chi connectivity index (χ3n) is 1.87. The van der Waals surface area contributed by atoms with E-state index in [1.54, 1.807) is 13.3 Å². The first-order chi connectivity index (χ1) is 6.76. The Labute approximate surface area is 84.5 Å². The van der Waals surface area contributed by atoms with Gasteiger partial charge in [0, 0.05) is 18.8 Å². The van der Waals surface area contributed by atoms with Gasteiger partial charge in [0.1, 0.15) is 0 Å². The van der Waals surface area contributed by atoms with Crippen molar-refractivity contribution in [3.63, 3.8) is 0 Å². The predicted octanol–water partition coefficient (Wildman–Crippen LogP) is 1.20. The van der Waals surface area contributed by atoms with Gasteiger partial charge in [0.15, 0.2) is 0 Å². The average molecular weight is 190 g/mol. The van der Waals surface area contributed by atoms with Crippen LogP contribution in [-0.2, 0) is 6.54 Å². The van der Waals surface area contributed by atoms with Crippen LogP contribution in [0.4, 0.5) is 0 Å². The zero-order chi connectivity index (χ0) is 10.4. The highest BCUT2D eigenvalue weighted by Gasteiger charge is 1.98. The molecule has 14 heavy (non-hydrogen) atoms. The normalized spacial score (nSPS) is 11.8. The summed E-state index contributed by atoms with van der Waals surface area (Å²) < 4.78 is 5.01. The summed E-state index contributed by atoms with van der Waals surface area (Å²) in [7, 11) is 1.60. The molecule has 0 aromatic carbocycles. The molecule has 0 amide bonds. The predicted molar refractivity (Wildman–Crippen MR) is 55.9 cm³/mol. The van der Waals surface area contributed by atoms with E-state index in [2.05, 4.69) is 16.2 Å². The third-order valence-corrected chi connectivity index (χ3v) is 1.87. The number of nitrogens with zero attached hydrogens (tertiary/aromatic N) is 1. The Bertz CT molecular complexity index is 330. The van der Waals surface area contributed by atoms with Crippen LogP contribution < -0.4 is 10.1 Å². The summed E-state index contributed by atoms with van der Waals surface area (Å²) in [5.74, 6) is 3.23. The average Bonchev–Trinajstić information content (AvgIpc) is 2.26. The Balaban J connectivity index is 2.55. The highest BCUT2D eigenvalue weighted by Crippen LogP contribution is 2.07. The lowest BCUT2D eigenvalue weighted by molar-refractivity contribution is 0.397. The second-order valence-corrected chi connectivity index (χ2v) is 2.98. The molecule has 1 N–H and O–H groups in total. The van der Waals surface area contributed by atoms with Crippen molar-refractivity contribution >= 4 is 0 Å². The van der Waals surface area contributed by atoms with Crippen molar-refractivity contribution in [1.82, 2.24) is 10.3 Å². The molecule has 1 aromatic heterocycles. The maximum Gasteiger partial charge on any atom is 0.213 e. The van der Waals surface area contributed by atoms with Gasteiger partial charge in [0.05, 0.1) is 13.2 Å². The number of nitrogens with one attached hydrogen (secondary N) is 1. The van der Waals surface area contributed by atoms with E-state index in [-0.39, 0.29) is 6.04 Å². The number of ether oxygens (including phenoxy) is 1. The largest absolute Gasteiger partial charge is 0.481 e. The Hall–Kier alpha value is -1.53. The molecule has 1 heterocycles. The molecule has 0 saturated heterocycles. The fourth-order valence-corrected chi connectivity index (χ4v) is 1.00. The summed E-state index contributed by atoms with van der Waals surface area (Å²) in [5.41, 5.74) is 1.11. The van der Waals surface area contributed by atoms with Crippen molar-refractivity contribution in [1.29, 1.82) is 0 Å². The van der Waals surface area contributed by atoms with Crippen LogP contribution in [0.5, 0.6) is 5.88 Å². The fraction of sp³-hybridized carbons (Fsp3) is 0.364. The Morgan fingerprint density at radius 3 is 3.14 bits per heavy atom. The van der Waals surface area contributed by atoms with Gasteiger partial charge >= 0.3 is 0 Å². The summed E-state index contributed by atoms with van der Waals surface area (Å²) in [5, 5.41) is 3.18. The lowest BCUT2D eigenvalue weighted by Crippen LogP contribution is -2.23. The summed E-state index contributed by atoms with van der Waals surface area (Å²) in [6, 6.07) is 3.89. The molecule has 0 saturated carbocycles. The lowest BCUT2D eigenvalue weighted by atomic mass is 10.2. The van der Waals surface area contributed by atoms with E-state index in [9.17, 15) is 0 Å². The molecule has 1 rings (SSSR count). The van der Waals surface area contributed by atoms with Crippen LogP contribution in [0.25, 0.3) is 0 Å². The van der Waals surface area contributed by atoms with Gasteiger partial charge in [-0.05, 0) is 18.6 Å². The van der Waals surface area contributed by atoms with Crippen molar-refractivity contribution < 1.29 is 4.74 Å². The molecule has 74 valence electrons. The smallest absolute Gasteiger partial charge is 0.213 e. The highest BCUT2D eigenvalue weighted by atomic mass is 16.5. The van der Waals surface area contributed by atoms with Crippen LogP contribution in [0.3, 0.4) is 0 Å². The summed E-state index contributed by atoms with van der Waals surface area (Å²) in [4.78, 5) is 4.01. The van der Waals surface area contributed by atoms with Crippen LogP contribution in [0.1, 0.15) is 12.5 Å². The maximum atomic E-state index is 5.24. The first-order valence-electron chi connectivity index (χ1n) is 4.44. The monoisotopic (exact) mass is 190 g/mol. The zero-order valence-electron chi connectivity index (χ0n) is 8.45. The van der Waals surface area contributed by atoms with Gasteiger partial charge in [-0.2, -0.15) is 0 Å². The number of methoxy groups -OCH3 is 1. The quantitative estimate of drug-likeness (QED) is 0.724. The van der Waals surface area contributed by atoms with Crippen LogP contribution in [0.2, 0.25) is 0 Å². The Morgan fingerprint density at radius 2 is 2.50 bits per heavy atom. The molecule has 0 aliphatic carbocycles. The minimum absolute atomic E-state index is 0.0779. The van der Waals surface area contributed by atoms with Crippen LogP contribution in [0.15, 0.2) is 18.3 Å². The minimum atomic E-state index is 0.0779. The van der Waals surface area contributed by atoms with Crippen molar-refractivity contribution in [3.8, 4) is 18.2 Å². The van der Waals surface area contributed by atoms with E-state index in [1.165, 1.54) is 0 Å². The Morgan fingerprint density at radius 1 is 1.71 bits per heavy atom. The van der Waals surface area contributed by atoms with Gasteiger partial charge < -0.3 is 4.74 Å². The van der Waals surface area contributed by atoms with E-state index >= 15 is 0 Å². The van der Waals surface area contributed by atoms with Crippen molar-refractivity contribution in [2.75, 3.05) is 7.11 Å². The number of terminal acetylenes is 1. The van der Waals surface area contributed by atoms with Crippen molar-refractivity contribution in [3.05, 3.63) is 23.9 Å². The summed E-state index contributed by atoms with van der Waals surface area (Å²) in [6.07, 6.45) is 6.96. The van der Waals surface area contributed by atoms with Crippen molar-refractivity contribution in [2.24, 2.45) is 0 Å². The number of rotatable bonds is 4. The van der Waals surface area contributed by atoms with Gasteiger partial charge in [-0.1, -0.05) is 5.92 Å². The summed E-state index contributed by atoms with van der Waals surface area (Å²) in [6.45, 7) is 2.67. The number of aromatic nitrogens is 1. The van der Waals surface area contributed by atoms with Crippen LogP contribution >= 0.6 is 0 Å². The molecule has 3 heteroatoms. The molecule has 1 atom stereocenters. The van der Waals surface area contributed by atoms with Gasteiger partial charge in [-0.25, -0.2) is 4.98 Å². The van der Waals surface area contributed by atoms with Gasteiger partial charge in [0.2, 0.25) is 5.88 Å². The van der Waals surface area contributed by atoms with E-state index in [0.29, 0.717) is 5.88 Å². The molecule has 1 unspecified atom stereocenters. The highest BCUT2D eigenvalue weighted by molar-refractivity contribution is 5.20. The number of hydrogen-bond donors (Lipinski definition) is 1. The summed E-state index contributed by atoms with van der Waals surface area (Å²) >= 11 is 0. The lowest BCUT2D eigenvalue weighted by Gasteiger charge is -2.07. The molecule has 3 nitrogen and oxygen atoms in total. The molecule has 0 aliphatic rings. The first-order valence-corrected chi connectivity index (χ1v) is 4.44. The van der Waals surface area contributed by atoms with E-state index in [1.807, 2.05) is 19.1 Å². The zero-order valence-corrected chi connectivity index (χ0v) is 8.45. The van der Waals surface area contributed by atoms with E-state index in [0.717, 1.165) is 12.1 Å². The topological polar surface area (TPSA) is 34.2 Å². The SMILES string of the molecule is C#CC(C)NCc1ccnc(OC)c1. The standard InChI is InChI=1S/C11H14N2O/c1-4-9(2)13-8-10-5-6-12-11(7-10)14-3/h1,5-7,9,13H,8H2,2-3H3. The molecule has 0 bridgehead atoms. The second kappa shape index (κ2) is 5.25. The molecule has 0 radical (unpaired) electrons. The molecule has 0 aliphatic heterocycles. The van der Waals surface area contributed by atoms with Gasteiger partial charge in [-0.3, -0.25) is 5.32 Å². The minimum Gasteiger partial charge on any atom is -0.481 e. The third kappa shape index (κ3) is 3.08. The fourth-order valence-electron chi connectivity index (χ4n) is 1.00. The molecular formula is C11H14N2O. The Kier molecular flexibility index (Phi) is 3.96. The van der Waals surface area contributed by atoms with Crippen LogP contribution in [0, 0.1) is 12.3 Å². The second-order valence-electron chi connectivity index (χ2n) is 2.98. The van der Waals surface area contributed by atoms with Crippen molar-refractivity contribution in [2.45, 2.75) is 19.5 Å². The molecular weight excluding hydrogens is 176 g/mol. The molecule has 0 spiro atoms. The van der Waals surface area contributed by atoms with E-state index < -0.39 is 0 Å². The van der Waals surface area contributed by atoms with Crippen LogP contribution in [-0.4, -0.2) is 18.1 Å². The van der Waals surface area contributed by atoms with Gasteiger partial charge in [-0.15, -0.1) is 6.42 Å². The molecule has 0 fully saturated rings. The van der Waals surface area contributed by atoms with Gasteiger partial charge in [0.25, 0.3) is 0 Å².